The van der Waals surface area contributed by atoms with Crippen LogP contribution in [0.25, 0.3) is 0 Å². The van der Waals surface area contributed by atoms with Crippen molar-refractivity contribution < 1.29 is 18.3 Å². The highest BCUT2D eigenvalue weighted by molar-refractivity contribution is 8.00. The Balaban J connectivity index is 1.78. The van der Waals surface area contributed by atoms with E-state index < -0.39 is 6.61 Å². The molecule has 2 aromatic carbocycles. The Kier molecular flexibility index (Phi) is 7.34. The minimum absolute atomic E-state index is 0.132. The summed E-state index contributed by atoms with van der Waals surface area (Å²) in [6.07, 6.45) is 0.408. The Morgan fingerprint density at radius 1 is 1.17 bits per heavy atom. The van der Waals surface area contributed by atoms with Crippen LogP contribution in [-0.4, -0.2) is 24.8 Å². The zero-order valence-corrected chi connectivity index (χ0v) is 14.2. The van der Waals surface area contributed by atoms with Gasteiger partial charge in [-0.15, -0.1) is 11.8 Å². The Hall–Kier alpha value is -1.79. The van der Waals surface area contributed by atoms with Crippen molar-refractivity contribution >= 4 is 29.3 Å². The summed E-state index contributed by atoms with van der Waals surface area (Å²) < 4.78 is 29.1. The highest BCUT2D eigenvalue weighted by atomic mass is 35.5. The lowest BCUT2D eigenvalue weighted by atomic mass is 10.1. The maximum Gasteiger partial charge on any atom is 0.387 e. The first-order valence-electron chi connectivity index (χ1n) is 7.23. The van der Waals surface area contributed by atoms with Crippen LogP contribution in [0.15, 0.2) is 53.4 Å². The summed E-state index contributed by atoms with van der Waals surface area (Å²) in [6, 6.07) is 13.8. The summed E-state index contributed by atoms with van der Waals surface area (Å²) >= 11 is 7.37. The van der Waals surface area contributed by atoms with Gasteiger partial charge in [0.15, 0.2) is 0 Å². The van der Waals surface area contributed by atoms with Crippen LogP contribution in [0.3, 0.4) is 0 Å². The number of hydrogen-bond donors (Lipinski definition) is 1. The second-order valence-corrected chi connectivity index (χ2v) is 6.23. The maximum absolute atomic E-state index is 12.3. The first kappa shape index (κ1) is 18.5. The molecule has 2 aromatic rings. The van der Waals surface area contributed by atoms with E-state index in [1.54, 1.807) is 24.3 Å². The van der Waals surface area contributed by atoms with Gasteiger partial charge in [0.2, 0.25) is 5.91 Å². The molecule has 24 heavy (non-hydrogen) atoms. The second-order valence-electron chi connectivity index (χ2n) is 4.81. The second kappa shape index (κ2) is 9.49. The van der Waals surface area contributed by atoms with Crippen LogP contribution >= 0.6 is 23.4 Å². The van der Waals surface area contributed by atoms with Gasteiger partial charge in [-0.2, -0.15) is 8.78 Å². The van der Waals surface area contributed by atoms with Crippen molar-refractivity contribution in [1.29, 1.82) is 0 Å². The molecule has 0 unspecified atom stereocenters. The van der Waals surface area contributed by atoms with E-state index in [2.05, 4.69) is 10.1 Å². The summed E-state index contributed by atoms with van der Waals surface area (Å²) in [5.74, 6) is 0.221. The summed E-state index contributed by atoms with van der Waals surface area (Å²) in [6.45, 7) is -2.53. The van der Waals surface area contributed by atoms with E-state index >= 15 is 0 Å². The first-order chi connectivity index (χ1) is 11.6. The van der Waals surface area contributed by atoms with E-state index in [1.165, 1.54) is 17.8 Å². The van der Waals surface area contributed by atoms with Gasteiger partial charge in [-0.3, -0.25) is 4.79 Å². The smallest absolute Gasteiger partial charge is 0.387 e. The molecule has 0 aromatic heterocycles. The molecular formula is C17H16ClF2NO2S. The topological polar surface area (TPSA) is 38.3 Å². The number of amides is 1. The average Bonchev–Trinajstić information content (AvgIpc) is 2.55. The number of hydrogen-bond acceptors (Lipinski definition) is 3. The molecule has 7 heteroatoms. The van der Waals surface area contributed by atoms with Gasteiger partial charge in [0.1, 0.15) is 5.75 Å². The maximum atomic E-state index is 12.3. The number of benzene rings is 2. The molecule has 0 atom stereocenters. The van der Waals surface area contributed by atoms with Crippen LogP contribution in [0, 0.1) is 0 Å². The minimum Gasteiger partial charge on any atom is -0.435 e. The zero-order valence-electron chi connectivity index (χ0n) is 12.7. The van der Waals surface area contributed by atoms with Gasteiger partial charge in [-0.1, -0.05) is 41.9 Å². The van der Waals surface area contributed by atoms with Crippen LogP contribution in [0.2, 0.25) is 5.02 Å². The third-order valence-corrected chi connectivity index (χ3v) is 4.62. The van der Waals surface area contributed by atoms with Gasteiger partial charge in [0.05, 0.1) is 10.8 Å². The molecule has 3 nitrogen and oxygen atoms in total. The molecule has 0 saturated carbocycles. The number of rotatable bonds is 8. The number of ether oxygens (including phenoxy) is 1. The molecule has 1 N–H and O–H groups in total. The lowest BCUT2D eigenvalue weighted by Gasteiger charge is -2.11. The number of para-hydroxylation sites is 1. The number of carbonyl (C=O) groups is 1. The van der Waals surface area contributed by atoms with Crippen molar-refractivity contribution in [2.24, 2.45) is 0 Å². The predicted molar refractivity (Wildman–Crippen MR) is 92.0 cm³/mol. The van der Waals surface area contributed by atoms with Crippen LogP contribution in [0.5, 0.6) is 5.75 Å². The monoisotopic (exact) mass is 371 g/mol. The number of nitrogens with one attached hydrogen (secondary N) is 1. The molecule has 0 bridgehead atoms. The quantitative estimate of drug-likeness (QED) is 0.699. The molecule has 0 aliphatic rings. The summed E-state index contributed by atoms with van der Waals surface area (Å²) in [5, 5.41) is 3.36. The van der Waals surface area contributed by atoms with Crippen LogP contribution in [0.1, 0.15) is 5.56 Å². The summed E-state index contributed by atoms with van der Waals surface area (Å²) in [5.41, 5.74) is 0.622. The van der Waals surface area contributed by atoms with Crippen molar-refractivity contribution in [2.45, 2.75) is 17.9 Å². The number of halogens is 3. The third kappa shape index (κ3) is 6.02. The van der Waals surface area contributed by atoms with Crippen molar-refractivity contribution in [3.8, 4) is 5.75 Å². The summed E-state index contributed by atoms with van der Waals surface area (Å²) in [7, 11) is 0. The fraction of sp³-hybridized carbons (Fsp3) is 0.235. The standard InChI is InChI=1S/C17H16ClF2NO2S/c18-13-6-2-4-8-15(13)24-11-16(22)21-10-9-12-5-1-3-7-14(12)23-17(19)20/h1-8,17H,9-11H2,(H,21,22). The van der Waals surface area contributed by atoms with Gasteiger partial charge in [0, 0.05) is 11.4 Å². The van der Waals surface area contributed by atoms with Crippen LogP contribution in [-0.2, 0) is 11.2 Å². The zero-order chi connectivity index (χ0) is 17.4. The molecule has 0 fully saturated rings. The van der Waals surface area contributed by atoms with Gasteiger partial charge in [-0.05, 0) is 30.2 Å². The SMILES string of the molecule is O=C(CSc1ccccc1Cl)NCCc1ccccc1OC(F)F. The summed E-state index contributed by atoms with van der Waals surface area (Å²) in [4.78, 5) is 12.7. The highest BCUT2D eigenvalue weighted by Crippen LogP contribution is 2.26. The molecule has 0 spiro atoms. The van der Waals surface area contributed by atoms with E-state index in [4.69, 9.17) is 11.6 Å². The molecule has 0 heterocycles. The normalized spacial score (nSPS) is 10.7. The van der Waals surface area contributed by atoms with Crippen molar-refractivity contribution in [2.75, 3.05) is 12.3 Å². The largest absolute Gasteiger partial charge is 0.435 e. The fourth-order valence-corrected chi connectivity index (χ4v) is 3.08. The molecule has 1 amide bonds. The molecule has 0 aliphatic heterocycles. The number of alkyl halides is 2. The Morgan fingerprint density at radius 3 is 2.62 bits per heavy atom. The Morgan fingerprint density at radius 2 is 1.88 bits per heavy atom. The van der Waals surface area contributed by atoms with E-state index in [0.717, 1.165) is 4.90 Å². The van der Waals surface area contributed by atoms with Crippen LogP contribution < -0.4 is 10.1 Å². The van der Waals surface area contributed by atoms with Gasteiger partial charge in [0.25, 0.3) is 0 Å². The van der Waals surface area contributed by atoms with Gasteiger partial charge < -0.3 is 10.1 Å². The lowest BCUT2D eigenvalue weighted by molar-refractivity contribution is -0.118. The van der Waals surface area contributed by atoms with Crippen LogP contribution in [0.4, 0.5) is 8.78 Å². The van der Waals surface area contributed by atoms with E-state index in [-0.39, 0.29) is 17.4 Å². The van der Waals surface area contributed by atoms with E-state index in [0.29, 0.717) is 23.6 Å². The van der Waals surface area contributed by atoms with Gasteiger partial charge >= 0.3 is 6.61 Å². The molecule has 2 rings (SSSR count). The van der Waals surface area contributed by atoms with Crippen molar-refractivity contribution in [3.63, 3.8) is 0 Å². The molecule has 0 saturated heterocycles. The molecule has 128 valence electrons. The average molecular weight is 372 g/mol. The molecule has 0 radical (unpaired) electrons. The number of thioether (sulfide) groups is 1. The minimum atomic E-state index is -2.87. The predicted octanol–water partition coefficient (Wildman–Crippen LogP) is 4.39. The van der Waals surface area contributed by atoms with E-state index in [1.807, 2.05) is 18.2 Å². The molecular weight excluding hydrogens is 356 g/mol. The van der Waals surface area contributed by atoms with Crippen molar-refractivity contribution in [3.05, 3.63) is 59.1 Å². The van der Waals surface area contributed by atoms with E-state index in [9.17, 15) is 13.6 Å². The third-order valence-electron chi connectivity index (χ3n) is 3.10. The molecule has 0 aliphatic carbocycles. The number of carbonyl (C=O) groups excluding carboxylic acids is 1. The Labute approximate surface area is 148 Å². The fourth-order valence-electron chi connectivity index (χ4n) is 2.01. The lowest BCUT2D eigenvalue weighted by Crippen LogP contribution is -2.27. The Bertz CT molecular complexity index is 685. The first-order valence-corrected chi connectivity index (χ1v) is 8.59. The van der Waals surface area contributed by atoms with Crippen molar-refractivity contribution in [1.82, 2.24) is 5.32 Å². The van der Waals surface area contributed by atoms with Gasteiger partial charge in [-0.25, -0.2) is 0 Å². The highest BCUT2D eigenvalue weighted by Gasteiger charge is 2.10.